The van der Waals surface area contributed by atoms with Crippen molar-refractivity contribution in [2.75, 3.05) is 11.9 Å². The lowest BCUT2D eigenvalue weighted by Gasteiger charge is -2.22. The Hall–Kier alpha value is -3.38. The van der Waals surface area contributed by atoms with Gasteiger partial charge in [-0.25, -0.2) is 4.79 Å². The van der Waals surface area contributed by atoms with Gasteiger partial charge in [0, 0.05) is 22.0 Å². The van der Waals surface area contributed by atoms with Gasteiger partial charge in [-0.15, -0.1) is 11.3 Å². The summed E-state index contributed by atoms with van der Waals surface area (Å²) in [5, 5.41) is 16.5. The van der Waals surface area contributed by atoms with E-state index in [-0.39, 0.29) is 17.8 Å². The summed E-state index contributed by atoms with van der Waals surface area (Å²) in [6.07, 6.45) is 5.77. The molecular weight excluding hydrogens is 432 g/mol. The van der Waals surface area contributed by atoms with Crippen molar-refractivity contribution in [3.8, 4) is 5.75 Å². The number of pyridine rings is 1. The van der Waals surface area contributed by atoms with E-state index in [4.69, 9.17) is 4.74 Å². The average molecular weight is 459 g/mol. The minimum absolute atomic E-state index is 0.147. The van der Waals surface area contributed by atoms with Gasteiger partial charge in [-0.3, -0.25) is 4.98 Å². The third-order valence-corrected chi connectivity index (χ3v) is 7.37. The first-order valence-electron chi connectivity index (χ1n) is 11.4. The summed E-state index contributed by atoms with van der Waals surface area (Å²) in [5.41, 5.74) is 4.03. The van der Waals surface area contributed by atoms with Crippen LogP contribution < -0.4 is 5.32 Å². The Balaban J connectivity index is 1.64. The molecule has 168 valence electrons. The smallest absolute Gasteiger partial charge is 0.341 e. The number of thiophene rings is 1. The van der Waals surface area contributed by atoms with Gasteiger partial charge in [0.05, 0.1) is 18.2 Å². The fraction of sp³-hybridized carbons (Fsp3) is 0.259. The largest absolute Gasteiger partial charge is 0.505 e. The molecule has 1 aliphatic rings. The Morgan fingerprint density at radius 1 is 1.12 bits per heavy atom. The number of aryl methyl sites for hydroxylation is 1. The lowest BCUT2D eigenvalue weighted by atomic mass is 9.94. The van der Waals surface area contributed by atoms with E-state index in [1.807, 2.05) is 61.5 Å². The van der Waals surface area contributed by atoms with E-state index in [2.05, 4.69) is 10.3 Å². The van der Waals surface area contributed by atoms with Crippen LogP contribution in [0.3, 0.4) is 0 Å². The summed E-state index contributed by atoms with van der Waals surface area (Å²) < 4.78 is 5.44. The molecule has 0 radical (unpaired) electrons. The number of phenolic OH excluding ortho intramolecular Hbond substituents is 1. The molecule has 5 nitrogen and oxygen atoms in total. The van der Waals surface area contributed by atoms with Crippen molar-refractivity contribution < 1.29 is 14.6 Å². The molecule has 0 saturated carbocycles. The van der Waals surface area contributed by atoms with E-state index in [1.54, 1.807) is 17.5 Å². The standard InChI is InChI=1S/C27H26N2O3S/c1-2-32-27(31)22-19-12-6-7-13-21(19)33-26(22)29-23(17-9-4-3-5-10-17)20-15-14-18-11-8-16-28-24(18)25(20)30/h3-5,8-11,14-16,23,29-30H,2,6-7,12-13H2,1H3/t23-/m1/s1. The highest BCUT2D eigenvalue weighted by atomic mass is 32.1. The number of hydrogen-bond acceptors (Lipinski definition) is 6. The van der Waals surface area contributed by atoms with Crippen LogP contribution in [0.25, 0.3) is 10.9 Å². The van der Waals surface area contributed by atoms with E-state index in [1.165, 1.54) is 4.88 Å². The molecule has 0 aliphatic heterocycles. The van der Waals surface area contributed by atoms with Crippen molar-refractivity contribution in [2.45, 2.75) is 38.6 Å². The Labute approximate surface area is 197 Å². The molecule has 0 bridgehead atoms. The highest BCUT2D eigenvalue weighted by molar-refractivity contribution is 7.16. The van der Waals surface area contributed by atoms with E-state index in [0.29, 0.717) is 23.3 Å². The average Bonchev–Trinajstić information content (AvgIpc) is 3.22. The monoisotopic (exact) mass is 458 g/mol. The van der Waals surface area contributed by atoms with Crippen molar-refractivity contribution in [3.63, 3.8) is 0 Å². The molecule has 5 rings (SSSR count). The van der Waals surface area contributed by atoms with Crippen molar-refractivity contribution in [1.82, 2.24) is 4.98 Å². The van der Waals surface area contributed by atoms with Gasteiger partial charge in [-0.2, -0.15) is 0 Å². The fourth-order valence-electron chi connectivity index (χ4n) is 4.58. The molecule has 0 saturated heterocycles. The maximum Gasteiger partial charge on any atom is 0.341 e. The Kier molecular flexibility index (Phi) is 6.01. The first-order chi connectivity index (χ1) is 16.2. The highest BCUT2D eigenvalue weighted by Gasteiger charge is 2.29. The van der Waals surface area contributed by atoms with E-state index >= 15 is 0 Å². The molecule has 33 heavy (non-hydrogen) atoms. The fourth-order valence-corrected chi connectivity index (χ4v) is 5.89. The normalized spacial score (nSPS) is 14.0. The zero-order valence-corrected chi connectivity index (χ0v) is 19.3. The summed E-state index contributed by atoms with van der Waals surface area (Å²) >= 11 is 1.63. The number of ether oxygens (including phenoxy) is 1. The minimum Gasteiger partial charge on any atom is -0.505 e. The summed E-state index contributed by atoms with van der Waals surface area (Å²) in [7, 11) is 0. The number of phenols is 1. The predicted molar refractivity (Wildman–Crippen MR) is 132 cm³/mol. The van der Waals surface area contributed by atoms with Gasteiger partial charge < -0.3 is 15.2 Å². The number of aromatic nitrogens is 1. The second-order valence-corrected chi connectivity index (χ2v) is 9.31. The SMILES string of the molecule is CCOC(=O)c1c(N[C@H](c2ccccc2)c2ccc3cccnc3c2O)sc2c1CCCC2. The van der Waals surface area contributed by atoms with Gasteiger partial charge in [0.25, 0.3) is 0 Å². The Bertz CT molecular complexity index is 1300. The van der Waals surface area contributed by atoms with Crippen LogP contribution in [0.1, 0.15) is 57.7 Å². The van der Waals surface area contributed by atoms with Crippen LogP contribution in [0.5, 0.6) is 5.75 Å². The molecule has 1 aliphatic carbocycles. The first kappa shape index (κ1) is 21.5. The van der Waals surface area contributed by atoms with E-state index in [9.17, 15) is 9.90 Å². The molecule has 4 aromatic rings. The van der Waals surface area contributed by atoms with E-state index in [0.717, 1.165) is 47.2 Å². The van der Waals surface area contributed by atoms with Crippen LogP contribution in [0.4, 0.5) is 5.00 Å². The minimum atomic E-state index is -0.356. The molecular formula is C27H26N2O3S. The lowest BCUT2D eigenvalue weighted by molar-refractivity contribution is 0.0526. The van der Waals surface area contributed by atoms with Crippen LogP contribution in [0.2, 0.25) is 0 Å². The number of aromatic hydroxyl groups is 1. The number of fused-ring (bicyclic) bond motifs is 2. The van der Waals surface area contributed by atoms with Gasteiger partial charge in [-0.05, 0) is 49.8 Å². The van der Waals surface area contributed by atoms with Gasteiger partial charge in [0.15, 0.2) is 0 Å². The van der Waals surface area contributed by atoms with Crippen LogP contribution >= 0.6 is 11.3 Å². The molecule has 1 atom stereocenters. The third-order valence-electron chi connectivity index (χ3n) is 6.15. The van der Waals surface area contributed by atoms with Gasteiger partial charge >= 0.3 is 5.97 Å². The number of hydrogen-bond donors (Lipinski definition) is 2. The molecule has 6 heteroatoms. The van der Waals surface area contributed by atoms with Crippen molar-refractivity contribution in [1.29, 1.82) is 0 Å². The zero-order valence-electron chi connectivity index (χ0n) is 18.5. The van der Waals surface area contributed by atoms with Crippen LogP contribution in [0, 0.1) is 0 Å². The van der Waals surface area contributed by atoms with Crippen LogP contribution in [-0.2, 0) is 17.6 Å². The molecule has 2 heterocycles. The number of esters is 1. The van der Waals surface area contributed by atoms with Gasteiger partial charge in [0.1, 0.15) is 16.3 Å². The molecule has 0 amide bonds. The van der Waals surface area contributed by atoms with Gasteiger partial charge in [0.2, 0.25) is 0 Å². The van der Waals surface area contributed by atoms with Crippen LogP contribution in [0.15, 0.2) is 60.8 Å². The zero-order chi connectivity index (χ0) is 22.8. The van der Waals surface area contributed by atoms with E-state index < -0.39 is 0 Å². The number of benzene rings is 2. The van der Waals surface area contributed by atoms with Crippen molar-refractivity contribution >= 4 is 33.2 Å². The molecule has 0 fully saturated rings. The summed E-state index contributed by atoms with van der Waals surface area (Å²) in [6, 6.07) is 17.3. The maximum atomic E-state index is 13.0. The second-order valence-electron chi connectivity index (χ2n) is 8.20. The predicted octanol–water partition coefficient (Wildman–Crippen LogP) is 6.26. The quantitative estimate of drug-likeness (QED) is 0.334. The van der Waals surface area contributed by atoms with Crippen molar-refractivity contribution in [3.05, 3.63) is 87.9 Å². The van der Waals surface area contributed by atoms with Crippen LogP contribution in [-0.4, -0.2) is 22.7 Å². The maximum absolute atomic E-state index is 13.0. The molecule has 2 aromatic carbocycles. The lowest BCUT2D eigenvalue weighted by Crippen LogP contribution is -2.16. The third kappa shape index (κ3) is 4.07. The topological polar surface area (TPSA) is 71.5 Å². The number of nitrogens with one attached hydrogen (secondary N) is 1. The number of carbonyl (C=O) groups is 1. The summed E-state index contributed by atoms with van der Waals surface area (Å²) in [5.74, 6) is -0.135. The molecule has 0 spiro atoms. The van der Waals surface area contributed by atoms with Crippen molar-refractivity contribution in [2.24, 2.45) is 0 Å². The summed E-state index contributed by atoms with van der Waals surface area (Å²) in [4.78, 5) is 18.6. The highest BCUT2D eigenvalue weighted by Crippen LogP contribution is 2.43. The molecule has 0 unspecified atom stereocenters. The second kappa shape index (κ2) is 9.24. The molecule has 2 N–H and O–H groups in total. The van der Waals surface area contributed by atoms with Gasteiger partial charge in [-0.1, -0.05) is 48.5 Å². The molecule has 2 aromatic heterocycles. The first-order valence-corrected chi connectivity index (χ1v) is 12.2. The number of carbonyl (C=O) groups excluding carboxylic acids is 1. The Morgan fingerprint density at radius 2 is 1.94 bits per heavy atom. The number of rotatable bonds is 6. The number of anilines is 1. The summed E-state index contributed by atoms with van der Waals surface area (Å²) in [6.45, 7) is 2.17. The Morgan fingerprint density at radius 3 is 2.76 bits per heavy atom. The number of nitrogens with zero attached hydrogens (tertiary/aromatic N) is 1.